The van der Waals surface area contributed by atoms with Gasteiger partial charge in [-0.05, 0) is 63.1 Å². The lowest BCUT2D eigenvalue weighted by Gasteiger charge is -2.38. The van der Waals surface area contributed by atoms with Gasteiger partial charge in [-0.2, -0.15) is 0 Å². The second-order valence-corrected chi connectivity index (χ2v) is 6.95. The first-order valence-electron chi connectivity index (χ1n) is 8.61. The molecule has 2 nitrogen and oxygen atoms in total. The minimum absolute atomic E-state index is 0.703. The molecule has 0 spiro atoms. The monoisotopic (exact) mass is 288 g/mol. The highest BCUT2D eigenvalue weighted by molar-refractivity contribution is 5.46. The van der Waals surface area contributed by atoms with E-state index in [1.165, 1.54) is 36.9 Å². The van der Waals surface area contributed by atoms with Gasteiger partial charge in [-0.15, -0.1) is 0 Å². The van der Waals surface area contributed by atoms with Gasteiger partial charge < -0.3 is 10.2 Å². The van der Waals surface area contributed by atoms with Gasteiger partial charge in [0.15, 0.2) is 0 Å². The molecule has 2 heteroatoms. The molecule has 0 saturated heterocycles. The Hall–Kier alpha value is -1.02. The molecule has 2 rings (SSSR count). The van der Waals surface area contributed by atoms with Crippen molar-refractivity contribution in [2.75, 3.05) is 25.0 Å². The van der Waals surface area contributed by atoms with Crippen LogP contribution in [0.1, 0.15) is 45.1 Å². The summed E-state index contributed by atoms with van der Waals surface area (Å²) in [6.07, 6.45) is 5.31. The Labute approximate surface area is 130 Å². The van der Waals surface area contributed by atoms with Crippen molar-refractivity contribution >= 4 is 5.69 Å². The SMILES string of the molecule is CCCNC1CCC(C)CC1CN(C)c1ccc(C)cc1. The molecule has 0 heterocycles. The number of anilines is 1. The lowest BCUT2D eigenvalue weighted by atomic mass is 9.78. The van der Waals surface area contributed by atoms with Crippen LogP contribution in [0, 0.1) is 18.8 Å². The van der Waals surface area contributed by atoms with Gasteiger partial charge in [-0.1, -0.05) is 31.5 Å². The van der Waals surface area contributed by atoms with Gasteiger partial charge in [0.2, 0.25) is 0 Å². The molecule has 3 atom stereocenters. The maximum absolute atomic E-state index is 3.78. The fourth-order valence-electron chi connectivity index (χ4n) is 3.56. The first-order valence-corrected chi connectivity index (χ1v) is 8.61. The summed E-state index contributed by atoms with van der Waals surface area (Å²) in [5.74, 6) is 1.65. The molecular weight excluding hydrogens is 256 g/mol. The fourth-order valence-corrected chi connectivity index (χ4v) is 3.56. The Balaban J connectivity index is 1.97. The third-order valence-electron chi connectivity index (χ3n) is 4.88. The summed E-state index contributed by atoms with van der Waals surface area (Å²) >= 11 is 0. The first kappa shape index (κ1) is 16.4. The highest BCUT2D eigenvalue weighted by Gasteiger charge is 2.29. The summed E-state index contributed by atoms with van der Waals surface area (Å²) in [6.45, 7) is 9.14. The number of benzene rings is 1. The predicted molar refractivity (Wildman–Crippen MR) is 93.0 cm³/mol. The standard InChI is InChI=1S/C19H32N2/c1-5-12-20-19-11-8-16(3)13-17(19)14-21(4)18-9-6-15(2)7-10-18/h6-7,9-10,16-17,19-20H,5,8,11-14H2,1-4H3. The van der Waals surface area contributed by atoms with Gasteiger partial charge in [-0.3, -0.25) is 0 Å². The van der Waals surface area contributed by atoms with Crippen LogP contribution in [0.25, 0.3) is 0 Å². The summed E-state index contributed by atoms with van der Waals surface area (Å²) in [4.78, 5) is 2.43. The smallest absolute Gasteiger partial charge is 0.0363 e. The number of aryl methyl sites for hydroxylation is 1. The zero-order chi connectivity index (χ0) is 15.2. The van der Waals surface area contributed by atoms with E-state index in [9.17, 15) is 0 Å². The zero-order valence-electron chi connectivity index (χ0n) is 14.2. The molecular formula is C19H32N2. The van der Waals surface area contributed by atoms with Crippen LogP contribution in [0.2, 0.25) is 0 Å². The van der Waals surface area contributed by atoms with E-state index in [2.05, 4.69) is 62.3 Å². The van der Waals surface area contributed by atoms with Crippen molar-refractivity contribution in [1.29, 1.82) is 0 Å². The number of rotatable bonds is 6. The molecule has 0 radical (unpaired) electrons. The van der Waals surface area contributed by atoms with Crippen LogP contribution in [0.15, 0.2) is 24.3 Å². The van der Waals surface area contributed by atoms with E-state index in [4.69, 9.17) is 0 Å². The third-order valence-corrected chi connectivity index (χ3v) is 4.88. The zero-order valence-corrected chi connectivity index (χ0v) is 14.2. The molecule has 0 aliphatic heterocycles. The van der Waals surface area contributed by atoms with Crippen molar-refractivity contribution in [2.24, 2.45) is 11.8 Å². The van der Waals surface area contributed by atoms with Crippen LogP contribution >= 0.6 is 0 Å². The van der Waals surface area contributed by atoms with Crippen molar-refractivity contribution in [1.82, 2.24) is 5.32 Å². The summed E-state index contributed by atoms with van der Waals surface area (Å²) in [7, 11) is 2.24. The number of nitrogens with one attached hydrogen (secondary N) is 1. The lowest BCUT2D eigenvalue weighted by molar-refractivity contribution is 0.217. The van der Waals surface area contributed by atoms with E-state index in [-0.39, 0.29) is 0 Å². The van der Waals surface area contributed by atoms with Crippen LogP contribution in [0.3, 0.4) is 0 Å². The quantitative estimate of drug-likeness (QED) is 0.842. The lowest BCUT2D eigenvalue weighted by Crippen LogP contribution is -2.45. The highest BCUT2D eigenvalue weighted by atomic mass is 15.1. The summed E-state index contributed by atoms with van der Waals surface area (Å²) < 4.78 is 0. The summed E-state index contributed by atoms with van der Waals surface area (Å²) in [5.41, 5.74) is 2.67. The topological polar surface area (TPSA) is 15.3 Å². The number of nitrogens with zero attached hydrogens (tertiary/aromatic N) is 1. The summed E-state index contributed by atoms with van der Waals surface area (Å²) in [5, 5.41) is 3.78. The average molecular weight is 288 g/mol. The fraction of sp³-hybridized carbons (Fsp3) is 0.684. The van der Waals surface area contributed by atoms with Gasteiger partial charge in [0.05, 0.1) is 0 Å². The van der Waals surface area contributed by atoms with E-state index in [0.717, 1.165) is 24.9 Å². The second-order valence-electron chi connectivity index (χ2n) is 6.95. The molecule has 21 heavy (non-hydrogen) atoms. The van der Waals surface area contributed by atoms with E-state index in [0.29, 0.717) is 6.04 Å². The predicted octanol–water partition coefficient (Wildman–Crippen LogP) is 4.24. The van der Waals surface area contributed by atoms with E-state index >= 15 is 0 Å². The first-order chi connectivity index (χ1) is 10.1. The Kier molecular flexibility index (Phi) is 6.10. The molecule has 1 N–H and O–H groups in total. The van der Waals surface area contributed by atoms with E-state index in [1.807, 2.05) is 0 Å². The molecule has 0 bridgehead atoms. The minimum Gasteiger partial charge on any atom is -0.374 e. The second kappa shape index (κ2) is 7.84. The molecule has 118 valence electrons. The van der Waals surface area contributed by atoms with Crippen molar-refractivity contribution in [3.63, 3.8) is 0 Å². The van der Waals surface area contributed by atoms with Crippen molar-refractivity contribution < 1.29 is 0 Å². The maximum Gasteiger partial charge on any atom is 0.0363 e. The van der Waals surface area contributed by atoms with Crippen LogP contribution in [0.5, 0.6) is 0 Å². The van der Waals surface area contributed by atoms with E-state index in [1.54, 1.807) is 0 Å². The van der Waals surface area contributed by atoms with Crippen LogP contribution in [-0.4, -0.2) is 26.2 Å². The van der Waals surface area contributed by atoms with E-state index < -0.39 is 0 Å². The van der Waals surface area contributed by atoms with Crippen molar-refractivity contribution in [2.45, 2.75) is 52.5 Å². The molecule has 0 aromatic heterocycles. The Morgan fingerprint density at radius 3 is 2.57 bits per heavy atom. The molecule has 1 fully saturated rings. The van der Waals surface area contributed by atoms with Crippen molar-refractivity contribution in [3.05, 3.63) is 29.8 Å². The van der Waals surface area contributed by atoms with Crippen molar-refractivity contribution in [3.8, 4) is 0 Å². The average Bonchev–Trinajstić information content (AvgIpc) is 2.47. The minimum atomic E-state index is 0.703. The Bertz CT molecular complexity index is 410. The molecule has 1 aromatic carbocycles. The third kappa shape index (κ3) is 4.74. The normalized spacial score (nSPS) is 25.8. The Morgan fingerprint density at radius 2 is 1.90 bits per heavy atom. The largest absolute Gasteiger partial charge is 0.374 e. The van der Waals surface area contributed by atoms with Gasteiger partial charge in [0.25, 0.3) is 0 Å². The molecule has 1 saturated carbocycles. The van der Waals surface area contributed by atoms with Crippen LogP contribution < -0.4 is 10.2 Å². The highest BCUT2D eigenvalue weighted by Crippen LogP contribution is 2.30. The number of hydrogen-bond acceptors (Lipinski definition) is 2. The summed E-state index contributed by atoms with van der Waals surface area (Å²) in [6, 6.07) is 9.62. The molecule has 3 unspecified atom stereocenters. The van der Waals surface area contributed by atoms with Gasteiger partial charge in [-0.25, -0.2) is 0 Å². The molecule has 1 aliphatic carbocycles. The Morgan fingerprint density at radius 1 is 1.19 bits per heavy atom. The van der Waals surface area contributed by atoms with Gasteiger partial charge in [0, 0.05) is 25.3 Å². The van der Waals surface area contributed by atoms with Gasteiger partial charge in [0.1, 0.15) is 0 Å². The molecule has 1 aliphatic rings. The molecule has 0 amide bonds. The van der Waals surface area contributed by atoms with Gasteiger partial charge >= 0.3 is 0 Å². The van der Waals surface area contributed by atoms with Crippen LogP contribution in [-0.2, 0) is 0 Å². The van der Waals surface area contributed by atoms with Crippen LogP contribution in [0.4, 0.5) is 5.69 Å². The molecule has 1 aromatic rings. The maximum atomic E-state index is 3.78. The number of hydrogen-bond donors (Lipinski definition) is 1.